The fourth-order valence-electron chi connectivity index (χ4n) is 3.29. The molecule has 1 atom stereocenters. The molecule has 7 heteroatoms. The van der Waals surface area contributed by atoms with Crippen LogP contribution in [-0.2, 0) is 11.0 Å². The normalized spacial score (nSPS) is 17.0. The van der Waals surface area contributed by atoms with Crippen LogP contribution in [0, 0.1) is 0 Å². The first-order chi connectivity index (χ1) is 12.3. The number of alkyl halides is 3. The molecule has 4 nitrogen and oxygen atoms in total. The number of aromatic amines is 1. The molecular formula is C19H12F3NO3. The first-order valence-corrected chi connectivity index (χ1v) is 7.87. The van der Waals surface area contributed by atoms with E-state index in [0.29, 0.717) is 10.9 Å². The van der Waals surface area contributed by atoms with Crippen LogP contribution >= 0.6 is 0 Å². The molecule has 1 aliphatic rings. The highest BCUT2D eigenvalue weighted by molar-refractivity contribution is 5.91. The molecular weight excluding hydrogens is 347 g/mol. The Balaban J connectivity index is 1.95. The highest BCUT2D eigenvalue weighted by Crippen LogP contribution is 2.41. The van der Waals surface area contributed by atoms with Gasteiger partial charge in [0, 0.05) is 11.3 Å². The smallest absolute Gasteiger partial charge is 0.416 e. The van der Waals surface area contributed by atoms with Crippen molar-refractivity contribution in [2.24, 2.45) is 0 Å². The summed E-state index contributed by atoms with van der Waals surface area (Å²) in [4.78, 5) is 27.4. The van der Waals surface area contributed by atoms with Crippen molar-refractivity contribution in [2.45, 2.75) is 18.5 Å². The van der Waals surface area contributed by atoms with Crippen molar-refractivity contribution in [3.8, 4) is 5.75 Å². The topological polar surface area (TPSA) is 59.2 Å². The monoisotopic (exact) mass is 359 g/mol. The number of ether oxygens (including phenoxy) is 1. The van der Waals surface area contributed by atoms with Gasteiger partial charge in [-0.05, 0) is 23.8 Å². The molecule has 1 N–H and O–H groups in total. The third kappa shape index (κ3) is 2.65. The Bertz CT molecular complexity index is 1090. The fraction of sp³-hybridized carbons (Fsp3) is 0.158. The fourth-order valence-corrected chi connectivity index (χ4v) is 3.29. The van der Waals surface area contributed by atoms with Crippen LogP contribution in [0.3, 0.4) is 0 Å². The van der Waals surface area contributed by atoms with Crippen LogP contribution in [-0.4, -0.2) is 11.0 Å². The molecule has 26 heavy (non-hydrogen) atoms. The SMILES string of the molecule is O=C1C[C@H](c2cccc(C(F)(F)F)c2)c2c(c3ccccc3[nH]c2=O)O1. The Morgan fingerprint density at radius 2 is 1.81 bits per heavy atom. The molecule has 0 amide bonds. The second-order valence-corrected chi connectivity index (χ2v) is 6.10. The first kappa shape index (κ1) is 16.4. The number of pyridine rings is 1. The van der Waals surface area contributed by atoms with Crippen LogP contribution in [0.1, 0.15) is 29.0 Å². The number of H-pyrrole nitrogens is 1. The van der Waals surface area contributed by atoms with Crippen LogP contribution in [0.4, 0.5) is 13.2 Å². The van der Waals surface area contributed by atoms with Gasteiger partial charge in [-0.25, -0.2) is 0 Å². The number of esters is 1. The lowest BCUT2D eigenvalue weighted by Gasteiger charge is -2.25. The van der Waals surface area contributed by atoms with Gasteiger partial charge in [-0.1, -0.05) is 30.3 Å². The highest BCUT2D eigenvalue weighted by Gasteiger charge is 2.35. The standard InChI is InChI=1S/C19H12F3NO3/c20-19(21,22)11-5-3-4-10(8-11)13-9-15(24)26-17-12-6-1-2-7-14(12)23-18(25)16(13)17/h1-8,13H,9H2,(H,23,25)/t13-/m1/s1. The average molecular weight is 359 g/mol. The summed E-state index contributed by atoms with van der Waals surface area (Å²) >= 11 is 0. The number of fused-ring (bicyclic) bond motifs is 3. The van der Waals surface area contributed by atoms with Crippen molar-refractivity contribution in [3.63, 3.8) is 0 Å². The number of aromatic nitrogens is 1. The van der Waals surface area contributed by atoms with E-state index in [1.165, 1.54) is 12.1 Å². The summed E-state index contributed by atoms with van der Waals surface area (Å²) < 4.78 is 44.4. The maximum atomic E-state index is 13.0. The van der Waals surface area contributed by atoms with Crippen LogP contribution in [0.2, 0.25) is 0 Å². The number of nitrogens with one attached hydrogen (secondary N) is 1. The predicted molar refractivity (Wildman–Crippen MR) is 88.1 cm³/mol. The number of hydrogen-bond acceptors (Lipinski definition) is 3. The lowest BCUT2D eigenvalue weighted by Crippen LogP contribution is -2.28. The molecule has 0 bridgehead atoms. The van der Waals surface area contributed by atoms with Crippen molar-refractivity contribution >= 4 is 16.9 Å². The molecule has 132 valence electrons. The van der Waals surface area contributed by atoms with Gasteiger partial charge in [-0.2, -0.15) is 13.2 Å². The van der Waals surface area contributed by atoms with Crippen LogP contribution in [0.5, 0.6) is 5.75 Å². The lowest BCUT2D eigenvalue weighted by atomic mass is 9.85. The zero-order chi connectivity index (χ0) is 18.5. The molecule has 0 aliphatic carbocycles. The Morgan fingerprint density at radius 1 is 1.04 bits per heavy atom. The lowest BCUT2D eigenvalue weighted by molar-refractivity contribution is -0.137. The van der Waals surface area contributed by atoms with Crippen LogP contribution in [0.25, 0.3) is 10.9 Å². The minimum atomic E-state index is -4.51. The number of halogens is 3. The highest BCUT2D eigenvalue weighted by atomic mass is 19.4. The molecule has 1 aliphatic heterocycles. The maximum Gasteiger partial charge on any atom is 0.416 e. The predicted octanol–water partition coefficient (Wildman–Crippen LogP) is 3.99. The minimum Gasteiger partial charge on any atom is -0.425 e. The van der Waals surface area contributed by atoms with Crippen molar-refractivity contribution in [1.29, 1.82) is 0 Å². The van der Waals surface area contributed by atoms with E-state index in [2.05, 4.69) is 4.98 Å². The minimum absolute atomic E-state index is 0.114. The van der Waals surface area contributed by atoms with Crippen LogP contribution in [0.15, 0.2) is 53.3 Å². The Morgan fingerprint density at radius 3 is 2.58 bits per heavy atom. The summed E-state index contributed by atoms with van der Waals surface area (Å²) in [5, 5.41) is 0.534. The van der Waals surface area contributed by atoms with E-state index in [4.69, 9.17) is 4.74 Å². The molecule has 0 radical (unpaired) electrons. The van der Waals surface area contributed by atoms with Crippen LogP contribution < -0.4 is 10.3 Å². The molecule has 0 spiro atoms. The van der Waals surface area contributed by atoms with Gasteiger partial charge in [0.25, 0.3) is 5.56 Å². The van der Waals surface area contributed by atoms with E-state index in [-0.39, 0.29) is 23.3 Å². The van der Waals surface area contributed by atoms with E-state index in [1.54, 1.807) is 24.3 Å². The molecule has 0 unspecified atom stereocenters. The molecule has 0 fully saturated rings. The quantitative estimate of drug-likeness (QED) is 0.669. The van der Waals surface area contributed by atoms with E-state index in [9.17, 15) is 22.8 Å². The molecule has 0 saturated heterocycles. The number of hydrogen-bond donors (Lipinski definition) is 1. The zero-order valence-electron chi connectivity index (χ0n) is 13.3. The maximum absolute atomic E-state index is 13.0. The first-order valence-electron chi connectivity index (χ1n) is 7.87. The Kier molecular flexibility index (Phi) is 3.61. The summed E-state index contributed by atoms with van der Waals surface area (Å²) in [6.07, 6.45) is -4.71. The number of carbonyl (C=O) groups is 1. The van der Waals surface area contributed by atoms with Gasteiger partial charge in [0.1, 0.15) is 5.75 Å². The second kappa shape index (κ2) is 5.72. The van der Waals surface area contributed by atoms with Crippen molar-refractivity contribution in [1.82, 2.24) is 4.98 Å². The van der Waals surface area contributed by atoms with Gasteiger partial charge < -0.3 is 9.72 Å². The number of rotatable bonds is 1. The van der Waals surface area contributed by atoms with E-state index < -0.39 is 29.2 Å². The van der Waals surface area contributed by atoms with Crippen molar-refractivity contribution in [2.75, 3.05) is 0 Å². The van der Waals surface area contributed by atoms with Gasteiger partial charge in [0.05, 0.1) is 23.1 Å². The van der Waals surface area contributed by atoms with Gasteiger partial charge in [0.2, 0.25) is 0 Å². The summed E-state index contributed by atoms with van der Waals surface area (Å²) in [6, 6.07) is 11.5. The van der Waals surface area contributed by atoms with Gasteiger partial charge in [0.15, 0.2) is 0 Å². The van der Waals surface area contributed by atoms with Crippen molar-refractivity contribution < 1.29 is 22.7 Å². The van der Waals surface area contributed by atoms with Gasteiger partial charge in [-0.15, -0.1) is 0 Å². The number of carbonyl (C=O) groups excluding carboxylic acids is 1. The molecule has 2 heterocycles. The molecule has 0 saturated carbocycles. The molecule has 1 aromatic heterocycles. The van der Waals surface area contributed by atoms with E-state index in [0.717, 1.165) is 12.1 Å². The number of benzene rings is 2. The summed E-state index contributed by atoms with van der Waals surface area (Å²) in [5.74, 6) is -1.28. The molecule has 4 rings (SSSR count). The summed E-state index contributed by atoms with van der Waals surface area (Å²) in [7, 11) is 0. The van der Waals surface area contributed by atoms with Crippen molar-refractivity contribution in [3.05, 3.63) is 75.6 Å². The summed E-state index contributed by atoms with van der Waals surface area (Å²) in [5.41, 5.74) is -0.392. The van der Waals surface area contributed by atoms with E-state index in [1.807, 2.05) is 0 Å². The zero-order valence-corrected chi connectivity index (χ0v) is 13.3. The summed E-state index contributed by atoms with van der Waals surface area (Å²) in [6.45, 7) is 0. The Hall–Kier alpha value is -3.09. The van der Waals surface area contributed by atoms with E-state index >= 15 is 0 Å². The van der Waals surface area contributed by atoms with Gasteiger partial charge >= 0.3 is 12.1 Å². The molecule has 2 aromatic carbocycles. The molecule has 3 aromatic rings. The number of para-hydroxylation sites is 1. The third-order valence-electron chi connectivity index (χ3n) is 4.46. The Labute approximate surface area is 145 Å². The average Bonchev–Trinajstić information content (AvgIpc) is 2.60. The van der Waals surface area contributed by atoms with Gasteiger partial charge in [-0.3, -0.25) is 9.59 Å². The third-order valence-corrected chi connectivity index (χ3v) is 4.46. The second-order valence-electron chi connectivity index (χ2n) is 6.10. The largest absolute Gasteiger partial charge is 0.425 e.